The van der Waals surface area contributed by atoms with Crippen LogP contribution in [0.25, 0.3) is 6.08 Å². The predicted molar refractivity (Wildman–Crippen MR) is 107 cm³/mol. The minimum absolute atomic E-state index is 0.00588. The lowest BCUT2D eigenvalue weighted by Crippen LogP contribution is -2.43. The lowest BCUT2D eigenvalue weighted by molar-refractivity contribution is -0.142. The van der Waals surface area contributed by atoms with Crippen LogP contribution in [-0.4, -0.2) is 42.2 Å². The third-order valence-electron chi connectivity index (χ3n) is 5.30. The van der Waals surface area contributed by atoms with Gasteiger partial charge in [0.05, 0.1) is 12.0 Å². The molecule has 5 nitrogen and oxygen atoms in total. The largest absolute Gasteiger partial charge is 0.486 e. The van der Waals surface area contributed by atoms with Gasteiger partial charge in [0.25, 0.3) is 0 Å². The maximum atomic E-state index is 12.9. The van der Waals surface area contributed by atoms with Gasteiger partial charge in [-0.15, -0.1) is 0 Å². The minimum atomic E-state index is -0.843. The van der Waals surface area contributed by atoms with Gasteiger partial charge in [-0.3, -0.25) is 4.79 Å². The van der Waals surface area contributed by atoms with Crippen LogP contribution in [0.2, 0.25) is 0 Å². The highest BCUT2D eigenvalue weighted by Gasteiger charge is 2.34. The molecule has 0 saturated carbocycles. The summed E-state index contributed by atoms with van der Waals surface area (Å²) in [6.07, 6.45) is 4.76. The first-order chi connectivity index (χ1) is 13.7. The first-order valence-electron chi connectivity index (χ1n) is 9.80. The summed E-state index contributed by atoms with van der Waals surface area (Å²) in [7, 11) is 0. The van der Waals surface area contributed by atoms with Gasteiger partial charge < -0.3 is 19.5 Å². The van der Waals surface area contributed by atoms with Crippen LogP contribution < -0.4 is 9.47 Å². The molecule has 1 fully saturated rings. The topological polar surface area (TPSA) is 59.0 Å². The molecule has 2 aliphatic heterocycles. The lowest BCUT2D eigenvalue weighted by atomic mass is 9.87. The molecule has 1 saturated heterocycles. The van der Waals surface area contributed by atoms with Crippen LogP contribution in [0.4, 0.5) is 0 Å². The second kappa shape index (κ2) is 8.48. The average Bonchev–Trinajstić information content (AvgIpc) is 2.75. The average molecular weight is 379 g/mol. The van der Waals surface area contributed by atoms with Gasteiger partial charge in [0.15, 0.2) is 11.5 Å². The Kier molecular flexibility index (Phi) is 5.63. The van der Waals surface area contributed by atoms with E-state index in [2.05, 4.69) is 0 Å². The fraction of sp³-hybridized carbons (Fsp3) is 0.348. The Morgan fingerprint density at radius 3 is 2.71 bits per heavy atom. The molecule has 28 heavy (non-hydrogen) atoms. The van der Waals surface area contributed by atoms with E-state index in [1.165, 1.54) is 0 Å². The summed E-state index contributed by atoms with van der Waals surface area (Å²) < 4.78 is 11.1. The van der Waals surface area contributed by atoms with E-state index in [1.807, 2.05) is 53.5 Å². The van der Waals surface area contributed by atoms with E-state index in [0.717, 1.165) is 18.5 Å². The minimum Gasteiger partial charge on any atom is -0.486 e. The van der Waals surface area contributed by atoms with Gasteiger partial charge in [-0.05, 0) is 36.1 Å². The number of rotatable bonds is 5. The molecule has 1 N–H and O–H groups in total. The van der Waals surface area contributed by atoms with Crippen LogP contribution in [0.15, 0.2) is 54.6 Å². The van der Waals surface area contributed by atoms with E-state index in [-0.39, 0.29) is 5.91 Å². The molecule has 1 amide bonds. The van der Waals surface area contributed by atoms with Gasteiger partial charge in [0.2, 0.25) is 5.91 Å². The molecule has 2 aromatic carbocycles. The summed E-state index contributed by atoms with van der Waals surface area (Å²) >= 11 is 0. The summed E-state index contributed by atoms with van der Waals surface area (Å²) in [6.45, 7) is 2.30. The first kappa shape index (κ1) is 18.6. The molecule has 0 spiro atoms. The van der Waals surface area contributed by atoms with Crippen molar-refractivity contribution in [3.05, 3.63) is 65.7 Å². The number of carbonyl (C=O) groups is 1. The molecule has 2 aromatic rings. The maximum absolute atomic E-state index is 12.9. The van der Waals surface area contributed by atoms with Crippen molar-refractivity contribution < 1.29 is 19.4 Å². The van der Waals surface area contributed by atoms with Gasteiger partial charge >= 0.3 is 0 Å². The van der Waals surface area contributed by atoms with E-state index in [4.69, 9.17) is 9.47 Å². The quantitative estimate of drug-likeness (QED) is 0.865. The van der Waals surface area contributed by atoms with Crippen LogP contribution in [0.1, 0.15) is 30.1 Å². The molecule has 0 bridgehead atoms. The van der Waals surface area contributed by atoms with Crippen molar-refractivity contribution in [1.82, 2.24) is 4.90 Å². The fourth-order valence-electron chi connectivity index (χ4n) is 3.80. The number of likely N-dealkylation sites (tertiary alicyclic amines) is 1. The van der Waals surface area contributed by atoms with Gasteiger partial charge in [0.1, 0.15) is 13.2 Å². The van der Waals surface area contributed by atoms with Gasteiger partial charge in [-0.25, -0.2) is 0 Å². The smallest absolute Gasteiger partial charge is 0.228 e. The van der Waals surface area contributed by atoms with Gasteiger partial charge in [-0.2, -0.15) is 0 Å². The summed E-state index contributed by atoms with van der Waals surface area (Å²) in [6, 6.07) is 15.4. The number of ether oxygens (including phenoxy) is 2. The summed E-state index contributed by atoms with van der Waals surface area (Å²) in [5, 5.41) is 10.9. The zero-order valence-corrected chi connectivity index (χ0v) is 15.8. The number of aliphatic hydroxyl groups is 1. The Balaban J connectivity index is 1.43. The molecular weight excluding hydrogens is 354 g/mol. The molecule has 0 radical (unpaired) electrons. The number of fused-ring (bicyclic) bond motifs is 1. The van der Waals surface area contributed by atoms with Crippen LogP contribution in [0.5, 0.6) is 11.5 Å². The van der Waals surface area contributed by atoms with Gasteiger partial charge in [0, 0.05) is 13.1 Å². The third-order valence-corrected chi connectivity index (χ3v) is 5.30. The standard InChI is InChI=1S/C23H25NO4/c25-22(18-10-11-20-21(16-18)28-15-14-27-20)19-9-5-13-24(23(19)26)12-4-8-17-6-2-1-3-7-17/h1-4,6-8,10-11,16,19,22,25H,5,9,12-15H2/b8-4+/t19-,22+/m0/s1. The number of piperidine rings is 1. The normalized spacial score (nSPS) is 20.4. The molecule has 0 aliphatic carbocycles. The van der Waals surface area contributed by atoms with E-state index in [9.17, 15) is 9.90 Å². The van der Waals surface area contributed by atoms with E-state index in [1.54, 1.807) is 12.1 Å². The van der Waals surface area contributed by atoms with Crippen molar-refractivity contribution in [1.29, 1.82) is 0 Å². The van der Waals surface area contributed by atoms with E-state index >= 15 is 0 Å². The molecular formula is C23H25NO4. The highest BCUT2D eigenvalue weighted by atomic mass is 16.6. The zero-order valence-electron chi connectivity index (χ0n) is 15.8. The summed E-state index contributed by atoms with van der Waals surface area (Å²) in [5.41, 5.74) is 1.81. The highest BCUT2D eigenvalue weighted by molar-refractivity contribution is 5.80. The number of carbonyl (C=O) groups excluding carboxylic acids is 1. The van der Waals surface area contributed by atoms with Crippen molar-refractivity contribution in [2.24, 2.45) is 5.92 Å². The molecule has 2 aliphatic rings. The lowest BCUT2D eigenvalue weighted by Gasteiger charge is -2.34. The van der Waals surface area contributed by atoms with Crippen LogP contribution in [0.3, 0.4) is 0 Å². The monoisotopic (exact) mass is 379 g/mol. The van der Waals surface area contributed by atoms with E-state index < -0.39 is 12.0 Å². The number of nitrogens with zero attached hydrogens (tertiary/aromatic N) is 1. The SMILES string of the molecule is O=C1[C@H]([C@H](O)c2ccc3c(c2)OCCO3)CCCN1C/C=C/c1ccccc1. The Labute approximate surface area is 165 Å². The van der Waals surface area contributed by atoms with Crippen LogP contribution in [-0.2, 0) is 4.79 Å². The Morgan fingerprint density at radius 1 is 1.11 bits per heavy atom. The van der Waals surface area contributed by atoms with Crippen molar-refractivity contribution in [3.63, 3.8) is 0 Å². The Bertz CT molecular complexity index is 849. The molecule has 0 aromatic heterocycles. The summed E-state index contributed by atoms with van der Waals surface area (Å²) in [4.78, 5) is 14.8. The van der Waals surface area contributed by atoms with Crippen molar-refractivity contribution in [2.75, 3.05) is 26.3 Å². The first-order valence-corrected chi connectivity index (χ1v) is 9.80. The second-order valence-corrected chi connectivity index (χ2v) is 7.19. The molecule has 0 unspecified atom stereocenters. The van der Waals surface area contributed by atoms with Crippen LogP contribution >= 0.6 is 0 Å². The van der Waals surface area contributed by atoms with Crippen molar-refractivity contribution >= 4 is 12.0 Å². The van der Waals surface area contributed by atoms with Crippen molar-refractivity contribution in [2.45, 2.75) is 18.9 Å². The molecule has 5 heteroatoms. The molecule has 2 atom stereocenters. The maximum Gasteiger partial charge on any atom is 0.228 e. The highest BCUT2D eigenvalue weighted by Crippen LogP contribution is 2.36. The van der Waals surface area contributed by atoms with Crippen LogP contribution in [0, 0.1) is 5.92 Å². The molecule has 146 valence electrons. The molecule has 2 heterocycles. The number of aliphatic hydroxyl groups excluding tert-OH is 1. The summed E-state index contributed by atoms with van der Waals surface area (Å²) in [5.74, 6) is 0.895. The predicted octanol–water partition coefficient (Wildman–Crippen LogP) is 3.44. The number of hydrogen-bond donors (Lipinski definition) is 1. The Hall–Kier alpha value is -2.79. The zero-order chi connectivity index (χ0) is 19.3. The van der Waals surface area contributed by atoms with E-state index in [0.29, 0.717) is 43.2 Å². The number of amides is 1. The van der Waals surface area contributed by atoms with Crippen molar-refractivity contribution in [3.8, 4) is 11.5 Å². The van der Waals surface area contributed by atoms with Gasteiger partial charge in [-0.1, -0.05) is 48.6 Å². The third kappa shape index (κ3) is 4.04. The Morgan fingerprint density at radius 2 is 1.89 bits per heavy atom. The number of hydrogen-bond acceptors (Lipinski definition) is 4. The second-order valence-electron chi connectivity index (χ2n) is 7.19. The molecule has 4 rings (SSSR count). The number of benzene rings is 2. The fourth-order valence-corrected chi connectivity index (χ4v) is 3.80.